The number of Topliss-reactive ketones (excluding diaryl/α,β-unsaturated/α-hetero) is 2. The van der Waals surface area contributed by atoms with Gasteiger partial charge in [0.25, 0.3) is 0 Å². The van der Waals surface area contributed by atoms with Gasteiger partial charge in [0.15, 0.2) is 0 Å². The van der Waals surface area contributed by atoms with Crippen LogP contribution < -0.4 is 20.3 Å². The lowest BCUT2D eigenvalue weighted by Gasteiger charge is -2.34. The van der Waals surface area contributed by atoms with Crippen molar-refractivity contribution in [1.82, 2.24) is 19.7 Å². The molecule has 0 aliphatic carbocycles. The van der Waals surface area contributed by atoms with E-state index < -0.39 is 62.6 Å². The molecule has 2 aromatic heterocycles. The lowest BCUT2D eigenvalue weighted by molar-refractivity contribution is -0.193. The molecule has 1 aromatic carbocycles. The molecule has 2 aliphatic heterocycles. The number of halogens is 9. The van der Waals surface area contributed by atoms with Crippen LogP contribution in [-0.4, -0.2) is 90.6 Å². The topological polar surface area (TPSA) is 184 Å². The summed E-state index contributed by atoms with van der Waals surface area (Å²) in [5, 5.41) is 16.1. The van der Waals surface area contributed by atoms with Gasteiger partial charge in [0.1, 0.15) is 29.8 Å². The van der Waals surface area contributed by atoms with E-state index in [4.69, 9.17) is 4.98 Å². The zero-order valence-corrected chi connectivity index (χ0v) is 30.0. The Hall–Kier alpha value is -5.06. The number of aryl methyl sites for hydroxylation is 1. The van der Waals surface area contributed by atoms with Crippen molar-refractivity contribution in [3.05, 3.63) is 65.1 Å². The number of nitrogens with one attached hydrogen (secondary N) is 3. The minimum absolute atomic E-state index is 0.318. The van der Waals surface area contributed by atoms with E-state index in [0.29, 0.717) is 30.3 Å². The monoisotopic (exact) mass is 827 g/mol. The van der Waals surface area contributed by atoms with E-state index in [1.165, 1.54) is 11.9 Å². The number of ketones is 2. The third-order valence-electron chi connectivity index (χ3n) is 8.69. The number of sulfonamides is 1. The van der Waals surface area contributed by atoms with E-state index in [2.05, 4.69) is 42.4 Å². The van der Waals surface area contributed by atoms with Crippen LogP contribution in [0.4, 0.5) is 57.0 Å². The minimum atomic E-state index is -5.77. The first-order valence-electron chi connectivity index (χ1n) is 16.7. The molecule has 0 bridgehead atoms. The molecule has 23 heteroatoms. The highest BCUT2D eigenvalue weighted by Crippen LogP contribution is 2.34. The molecule has 4 N–H and O–H groups in total. The number of rotatable bonds is 11. The SMILES string of the molecule is CCc1c(NC[C@H](NS(=O)(=O)c2ccc(C(F)(F)F)cc2)C(=O)O)ncnc1N1CCC(c2ccc3c(n2)NCCC3)CC1.O=C(C(=O)C(F)(F)F)C(F)(F)F. The van der Waals surface area contributed by atoms with Crippen LogP contribution in [0.5, 0.6) is 0 Å². The fourth-order valence-corrected chi connectivity index (χ4v) is 7.01. The number of aromatic nitrogens is 3. The van der Waals surface area contributed by atoms with Crippen molar-refractivity contribution in [3.63, 3.8) is 0 Å². The number of benzene rings is 1. The molecule has 0 unspecified atom stereocenters. The summed E-state index contributed by atoms with van der Waals surface area (Å²) in [5.74, 6) is -5.88. The lowest BCUT2D eigenvalue weighted by Crippen LogP contribution is -2.45. The number of pyridine rings is 1. The van der Waals surface area contributed by atoms with Gasteiger partial charge in [-0.2, -0.15) is 44.2 Å². The van der Waals surface area contributed by atoms with Gasteiger partial charge in [-0.3, -0.25) is 14.4 Å². The molecule has 0 saturated carbocycles. The van der Waals surface area contributed by atoms with Crippen LogP contribution in [0.2, 0.25) is 0 Å². The van der Waals surface area contributed by atoms with Crippen molar-refractivity contribution in [2.45, 2.75) is 74.4 Å². The summed E-state index contributed by atoms with van der Waals surface area (Å²) in [5.41, 5.74) is 2.08. The smallest absolute Gasteiger partial charge is 0.458 e. The average molecular weight is 828 g/mol. The first-order valence-corrected chi connectivity index (χ1v) is 18.2. The van der Waals surface area contributed by atoms with Gasteiger partial charge in [0.05, 0.1) is 10.5 Å². The Labute approximate surface area is 313 Å². The molecule has 0 radical (unpaired) electrons. The van der Waals surface area contributed by atoms with Gasteiger partial charge in [-0.1, -0.05) is 13.0 Å². The Morgan fingerprint density at radius 2 is 1.54 bits per heavy atom. The fourth-order valence-electron chi connectivity index (χ4n) is 5.83. The van der Waals surface area contributed by atoms with E-state index in [1.54, 1.807) is 0 Å². The molecular weight excluding hydrogens is 793 g/mol. The second kappa shape index (κ2) is 17.4. The summed E-state index contributed by atoms with van der Waals surface area (Å²) in [4.78, 5) is 46.6. The molecule has 1 saturated heterocycles. The molecular formula is C33H34F9N7O6S. The fraction of sp³-hybridized carbons (Fsp3) is 0.455. The summed E-state index contributed by atoms with van der Waals surface area (Å²) in [6.07, 6.45) is -10.4. The van der Waals surface area contributed by atoms with Crippen LogP contribution in [0.25, 0.3) is 0 Å². The summed E-state index contributed by atoms with van der Waals surface area (Å²) >= 11 is 0. The Morgan fingerprint density at radius 1 is 0.929 bits per heavy atom. The van der Waals surface area contributed by atoms with Crippen LogP contribution in [0, 0.1) is 0 Å². The average Bonchev–Trinajstić information content (AvgIpc) is 3.14. The lowest BCUT2D eigenvalue weighted by atomic mass is 9.92. The quantitative estimate of drug-likeness (QED) is 0.145. The Bertz CT molecular complexity index is 1980. The van der Waals surface area contributed by atoms with Crippen molar-refractivity contribution in [1.29, 1.82) is 0 Å². The number of carboxylic acids is 1. The number of piperidine rings is 1. The van der Waals surface area contributed by atoms with E-state index in [1.807, 2.05) is 6.92 Å². The van der Waals surface area contributed by atoms with Crippen molar-refractivity contribution >= 4 is 45.0 Å². The number of hydrogen-bond donors (Lipinski definition) is 4. The van der Waals surface area contributed by atoms with Crippen molar-refractivity contribution < 1.29 is 67.4 Å². The first kappa shape index (κ1) is 43.7. The van der Waals surface area contributed by atoms with E-state index in [0.717, 1.165) is 80.3 Å². The summed E-state index contributed by atoms with van der Waals surface area (Å²) in [6, 6.07) is 5.49. The number of aliphatic carboxylic acids is 1. The van der Waals surface area contributed by atoms with E-state index in [9.17, 15) is 67.4 Å². The number of carbonyl (C=O) groups excluding carboxylic acids is 2. The van der Waals surface area contributed by atoms with Crippen molar-refractivity contribution in [2.75, 3.05) is 41.7 Å². The number of alkyl halides is 9. The van der Waals surface area contributed by atoms with E-state index >= 15 is 0 Å². The number of nitrogens with zero attached hydrogens (tertiary/aromatic N) is 4. The normalized spacial score (nSPS) is 15.8. The molecule has 13 nitrogen and oxygen atoms in total. The maximum atomic E-state index is 12.9. The molecule has 5 rings (SSSR count). The van der Waals surface area contributed by atoms with Gasteiger partial charge in [-0.15, -0.1) is 0 Å². The van der Waals surface area contributed by atoms with E-state index in [-0.39, 0.29) is 6.54 Å². The number of fused-ring (bicyclic) bond motifs is 1. The van der Waals surface area contributed by atoms with Gasteiger partial charge in [-0.25, -0.2) is 23.4 Å². The zero-order valence-electron chi connectivity index (χ0n) is 29.1. The molecule has 1 atom stereocenters. The zero-order chi connectivity index (χ0) is 41.6. The number of anilines is 3. The van der Waals surface area contributed by atoms with Gasteiger partial charge >= 0.3 is 36.1 Å². The Balaban J connectivity index is 0.000000501. The predicted octanol–water partition coefficient (Wildman–Crippen LogP) is 5.29. The third kappa shape index (κ3) is 11.0. The van der Waals surface area contributed by atoms with Crippen LogP contribution in [0.1, 0.15) is 54.5 Å². The highest BCUT2D eigenvalue weighted by atomic mass is 32.2. The van der Waals surface area contributed by atoms with Crippen molar-refractivity contribution in [2.24, 2.45) is 0 Å². The maximum Gasteiger partial charge on any atom is 0.458 e. The highest BCUT2D eigenvalue weighted by molar-refractivity contribution is 7.89. The second-order valence-electron chi connectivity index (χ2n) is 12.5. The molecule has 2 aliphatic rings. The molecule has 56 heavy (non-hydrogen) atoms. The standard InChI is InChI=1S/C29H34F3N7O4S.C4F6O2/c1-2-22-26(34-16-24(28(40)41)38-44(42,43)21-8-6-20(7-9-21)29(30,31)32)35-17-36-27(22)39-14-11-18(12-15-39)23-10-5-19-4-3-13-33-25(19)37-23;5-3(6,7)1(11)2(12)4(8,9)10/h5-10,17-18,24,38H,2-4,11-16H2,1H3,(H,33,37)(H,40,41)(H,34,35,36);/t24-;/m0./s1. The summed E-state index contributed by atoms with van der Waals surface area (Å²) in [6.45, 7) is 3.98. The molecule has 4 heterocycles. The molecule has 1 fully saturated rings. The van der Waals surface area contributed by atoms with Gasteiger partial charge in [0.2, 0.25) is 10.0 Å². The van der Waals surface area contributed by atoms with Crippen LogP contribution >= 0.6 is 0 Å². The minimum Gasteiger partial charge on any atom is -0.480 e. The summed E-state index contributed by atoms with van der Waals surface area (Å²) in [7, 11) is -4.43. The number of carbonyl (C=O) groups is 3. The van der Waals surface area contributed by atoms with Gasteiger partial charge in [0, 0.05) is 43.4 Å². The van der Waals surface area contributed by atoms with Crippen molar-refractivity contribution in [3.8, 4) is 0 Å². The predicted molar refractivity (Wildman–Crippen MR) is 180 cm³/mol. The molecule has 0 spiro atoms. The number of carboxylic acid groups (broad SMARTS) is 1. The molecule has 0 amide bonds. The Morgan fingerprint density at radius 3 is 2.07 bits per heavy atom. The van der Waals surface area contributed by atoms with Crippen LogP contribution in [0.15, 0.2) is 47.6 Å². The van der Waals surface area contributed by atoms with Gasteiger partial charge < -0.3 is 20.6 Å². The largest absolute Gasteiger partial charge is 0.480 e. The molecule has 3 aromatic rings. The second-order valence-corrected chi connectivity index (χ2v) is 14.2. The summed E-state index contributed by atoms with van der Waals surface area (Å²) < 4.78 is 133. The Kier molecular flexibility index (Phi) is 13.6. The highest BCUT2D eigenvalue weighted by Gasteiger charge is 2.54. The van der Waals surface area contributed by atoms with Gasteiger partial charge in [-0.05, 0) is 68.0 Å². The van der Waals surface area contributed by atoms with Crippen LogP contribution in [-0.2, 0) is 43.4 Å². The molecule has 306 valence electrons. The number of hydrogen-bond acceptors (Lipinski definition) is 11. The maximum absolute atomic E-state index is 12.9. The van der Waals surface area contributed by atoms with Crippen LogP contribution in [0.3, 0.4) is 0 Å². The first-order chi connectivity index (χ1) is 26.0. The third-order valence-corrected chi connectivity index (χ3v) is 10.2.